The molecule has 4 nitrogen and oxygen atoms in total. The van der Waals surface area contributed by atoms with Gasteiger partial charge in [-0.1, -0.05) is 40.9 Å². The van der Waals surface area contributed by atoms with Crippen LogP contribution in [0.1, 0.15) is 50.3 Å². The van der Waals surface area contributed by atoms with Crippen molar-refractivity contribution in [3.8, 4) is 0 Å². The van der Waals surface area contributed by atoms with Crippen LogP contribution < -0.4 is 16.6 Å². The van der Waals surface area contributed by atoms with E-state index in [9.17, 15) is 0 Å². The number of nitrogens with one attached hydrogen (secondary N) is 1. The highest BCUT2D eigenvalue weighted by Crippen LogP contribution is 2.34. The van der Waals surface area contributed by atoms with E-state index in [1.165, 1.54) is 16.9 Å². The van der Waals surface area contributed by atoms with Crippen LogP contribution in [-0.4, -0.2) is 12.3 Å². The minimum absolute atomic E-state index is 0.551. The van der Waals surface area contributed by atoms with E-state index in [0.717, 1.165) is 27.3 Å². The Morgan fingerprint density at radius 1 is 1.31 bits per heavy atom. The predicted octanol–water partition coefficient (Wildman–Crippen LogP) is 5.09. The normalized spacial score (nSPS) is 9.81. The highest BCUT2D eigenvalue weighted by Gasteiger charge is 2.14. The van der Waals surface area contributed by atoms with Gasteiger partial charge in [-0.2, -0.15) is 0 Å². The van der Waals surface area contributed by atoms with Crippen LogP contribution in [0.4, 0.5) is 5.69 Å². The van der Waals surface area contributed by atoms with Gasteiger partial charge in [0.2, 0.25) is 0 Å². The number of nitrogens with zero attached hydrogens (tertiary/aromatic N) is 1. The lowest BCUT2D eigenvalue weighted by Crippen LogP contribution is -2.16. The second kappa shape index (κ2) is 11.8. The summed E-state index contributed by atoms with van der Waals surface area (Å²) in [6, 6.07) is 5.93. The Kier molecular flexibility index (Phi) is 10.1. The Balaban J connectivity index is 0.000000615. The number of hydrogen-bond donors (Lipinski definition) is 2. The molecule has 0 unspecified atom stereocenters. The Morgan fingerprint density at radius 3 is 2.54 bits per heavy atom. The number of fused-ring (bicyclic) bond motifs is 1. The fourth-order valence-electron chi connectivity index (χ4n) is 2.31. The van der Waals surface area contributed by atoms with Crippen molar-refractivity contribution in [3.63, 3.8) is 0 Å². The molecule has 0 amide bonds. The molecule has 0 saturated carbocycles. The van der Waals surface area contributed by atoms with E-state index in [4.69, 9.17) is 15.1 Å². The third kappa shape index (κ3) is 5.61. The Labute approximate surface area is 162 Å². The molecule has 0 saturated heterocycles. The number of aryl methyl sites for hydroxylation is 1. The van der Waals surface area contributed by atoms with Gasteiger partial charge >= 0.3 is 0 Å². The summed E-state index contributed by atoms with van der Waals surface area (Å²) >= 11 is 1.71. The summed E-state index contributed by atoms with van der Waals surface area (Å²) in [7, 11) is 2.01. The van der Waals surface area contributed by atoms with Gasteiger partial charge in [-0.05, 0) is 36.3 Å². The number of nitrogens with two attached hydrogens (primary N) is 1. The van der Waals surface area contributed by atoms with Gasteiger partial charge < -0.3 is 15.5 Å². The molecular formula is C20H31BN3OS. The molecule has 141 valence electrons. The lowest BCUT2D eigenvalue weighted by Gasteiger charge is -2.08. The molecule has 0 bridgehead atoms. The maximum Gasteiger partial charge on any atom is 0.174 e. The number of anilines is 1. The average Bonchev–Trinajstić information content (AvgIpc) is 3.30. The molecule has 0 aliphatic rings. The van der Waals surface area contributed by atoms with Crippen molar-refractivity contribution in [2.45, 2.75) is 61.0 Å². The van der Waals surface area contributed by atoms with Gasteiger partial charge in [0.25, 0.3) is 0 Å². The minimum Gasteiger partial charge on any atom is -0.467 e. The number of aromatic nitrogens is 1. The molecule has 0 aliphatic heterocycles. The van der Waals surface area contributed by atoms with Crippen LogP contribution in [0.15, 0.2) is 28.9 Å². The first-order chi connectivity index (χ1) is 12.6. The maximum absolute atomic E-state index is 5.83. The van der Waals surface area contributed by atoms with Crippen molar-refractivity contribution in [3.05, 3.63) is 40.7 Å². The summed E-state index contributed by atoms with van der Waals surface area (Å²) in [4.78, 5) is 5.89. The van der Waals surface area contributed by atoms with E-state index in [1.54, 1.807) is 17.6 Å². The standard InChI is InChI=1S/C15H17BN3OS.C3H8.C2H6/c1-9-12(7-17)21-15-11(6-13(16-2)19-14(9)15)18-8-10-4-3-5-20-10;1-3-2;1-2/h3-6H,7-8,17H2,1-2H3,(H,18,19);3H2,1-2H3;1-2H3. The predicted molar refractivity (Wildman–Crippen MR) is 117 cm³/mol. The smallest absolute Gasteiger partial charge is 0.174 e. The van der Waals surface area contributed by atoms with Gasteiger partial charge in [0.1, 0.15) is 5.76 Å². The van der Waals surface area contributed by atoms with Crippen LogP contribution in [0.3, 0.4) is 0 Å². The van der Waals surface area contributed by atoms with Gasteiger partial charge in [-0.25, -0.2) is 0 Å². The molecule has 0 spiro atoms. The largest absolute Gasteiger partial charge is 0.467 e. The van der Waals surface area contributed by atoms with Crippen LogP contribution in [0, 0.1) is 6.92 Å². The SMILES string of the molecule is CC.CCC.C[B]c1cc(NCc2ccco2)c2sc(CN)c(C)c2n1. The zero-order valence-corrected chi connectivity index (χ0v) is 17.7. The van der Waals surface area contributed by atoms with Gasteiger partial charge in [-0.3, -0.25) is 4.98 Å². The van der Waals surface area contributed by atoms with Crippen LogP contribution in [0.5, 0.6) is 0 Å². The lowest BCUT2D eigenvalue weighted by molar-refractivity contribution is 0.518. The van der Waals surface area contributed by atoms with Crippen molar-refractivity contribution < 1.29 is 4.42 Å². The van der Waals surface area contributed by atoms with Crippen molar-refractivity contribution in [2.75, 3.05) is 5.32 Å². The number of furan rings is 1. The molecule has 3 N–H and O–H groups in total. The average molecular weight is 372 g/mol. The van der Waals surface area contributed by atoms with Crippen LogP contribution >= 0.6 is 11.3 Å². The lowest BCUT2D eigenvalue weighted by atomic mass is 9.77. The fourth-order valence-corrected chi connectivity index (χ4v) is 3.43. The fraction of sp³-hybridized carbons (Fsp3) is 0.450. The molecule has 1 radical (unpaired) electrons. The van der Waals surface area contributed by atoms with E-state index >= 15 is 0 Å². The zero-order chi connectivity index (χ0) is 19.5. The number of rotatable bonds is 5. The molecule has 3 rings (SSSR count). The molecule has 3 heterocycles. The zero-order valence-electron chi connectivity index (χ0n) is 16.8. The van der Waals surface area contributed by atoms with Crippen molar-refractivity contribution in [1.82, 2.24) is 4.98 Å². The molecule has 0 aliphatic carbocycles. The van der Waals surface area contributed by atoms with Gasteiger partial charge in [0.05, 0.1) is 28.7 Å². The highest BCUT2D eigenvalue weighted by molar-refractivity contribution is 7.19. The van der Waals surface area contributed by atoms with E-state index in [-0.39, 0.29) is 0 Å². The first-order valence-electron chi connectivity index (χ1n) is 9.33. The summed E-state index contributed by atoms with van der Waals surface area (Å²) in [5, 5.41) is 3.45. The molecule has 3 aromatic heterocycles. The summed E-state index contributed by atoms with van der Waals surface area (Å²) in [6.45, 7) is 13.5. The second-order valence-electron chi connectivity index (χ2n) is 5.56. The second-order valence-corrected chi connectivity index (χ2v) is 6.66. The van der Waals surface area contributed by atoms with Crippen LogP contribution in [-0.2, 0) is 13.1 Å². The molecule has 6 heteroatoms. The summed E-state index contributed by atoms with van der Waals surface area (Å²) in [6.07, 6.45) is 2.94. The van der Waals surface area contributed by atoms with Crippen molar-refractivity contribution in [1.29, 1.82) is 0 Å². The van der Waals surface area contributed by atoms with E-state index < -0.39 is 0 Å². The quantitative estimate of drug-likeness (QED) is 0.613. The van der Waals surface area contributed by atoms with Gasteiger partial charge in [-0.15, -0.1) is 11.3 Å². The van der Waals surface area contributed by atoms with Crippen LogP contribution in [0.25, 0.3) is 10.2 Å². The van der Waals surface area contributed by atoms with E-state index in [2.05, 4.69) is 32.2 Å². The number of thiophene rings is 1. The summed E-state index contributed by atoms with van der Waals surface area (Å²) in [5.74, 6) is 0.911. The van der Waals surface area contributed by atoms with Gasteiger partial charge in [0.15, 0.2) is 7.28 Å². The number of pyridine rings is 1. The first kappa shape index (κ1) is 22.3. The summed E-state index contributed by atoms with van der Waals surface area (Å²) in [5.41, 5.74) is 10.1. The van der Waals surface area contributed by atoms with Crippen molar-refractivity contribution >= 4 is 40.1 Å². The molecule has 26 heavy (non-hydrogen) atoms. The molecule has 0 aromatic carbocycles. The third-order valence-electron chi connectivity index (χ3n) is 3.51. The molecule has 3 aromatic rings. The van der Waals surface area contributed by atoms with Crippen molar-refractivity contribution in [2.24, 2.45) is 5.73 Å². The van der Waals surface area contributed by atoms with E-state index in [0.29, 0.717) is 13.1 Å². The number of hydrogen-bond acceptors (Lipinski definition) is 5. The molecular weight excluding hydrogens is 341 g/mol. The maximum atomic E-state index is 5.83. The first-order valence-corrected chi connectivity index (χ1v) is 10.1. The minimum atomic E-state index is 0.551. The topological polar surface area (TPSA) is 64.1 Å². The molecule has 0 fully saturated rings. The summed E-state index contributed by atoms with van der Waals surface area (Å²) < 4.78 is 6.53. The third-order valence-corrected chi connectivity index (χ3v) is 4.84. The molecule has 0 atom stereocenters. The Hall–Kier alpha value is -1.79. The monoisotopic (exact) mass is 372 g/mol. The van der Waals surface area contributed by atoms with Crippen LogP contribution in [0.2, 0.25) is 6.82 Å². The van der Waals surface area contributed by atoms with E-state index in [1.807, 2.05) is 40.1 Å². The van der Waals surface area contributed by atoms with Gasteiger partial charge in [0, 0.05) is 11.4 Å². The Bertz CT molecular complexity index is 769. The highest BCUT2D eigenvalue weighted by atomic mass is 32.1. The Morgan fingerprint density at radius 2 is 2.00 bits per heavy atom.